The third-order valence-electron chi connectivity index (χ3n) is 2.27. The van der Waals surface area contributed by atoms with Crippen LogP contribution in [0.15, 0.2) is 30.6 Å². The predicted molar refractivity (Wildman–Crippen MR) is 53.8 cm³/mol. The maximum absolute atomic E-state index is 8.80. The van der Waals surface area contributed by atoms with Crippen LogP contribution in [-0.2, 0) is 0 Å². The Hall–Kier alpha value is -1.39. The minimum absolute atomic E-state index is 0.0984. The monoisotopic (exact) mass is 191 g/mol. The highest BCUT2D eigenvalue weighted by Crippen LogP contribution is 2.15. The molecular formula is C10H13N3O. The maximum Gasteiger partial charge on any atom is 0.136 e. The Morgan fingerprint density at radius 1 is 1.50 bits per heavy atom. The van der Waals surface area contributed by atoms with E-state index >= 15 is 0 Å². The van der Waals surface area contributed by atoms with Gasteiger partial charge in [-0.2, -0.15) is 0 Å². The van der Waals surface area contributed by atoms with Crippen molar-refractivity contribution < 1.29 is 5.11 Å². The molecule has 0 aromatic carbocycles. The van der Waals surface area contributed by atoms with Crippen molar-refractivity contribution in [2.45, 2.75) is 12.5 Å². The largest absolute Gasteiger partial charge is 0.396 e. The summed E-state index contributed by atoms with van der Waals surface area (Å²) < 4.78 is 1.94. The second-order valence-corrected chi connectivity index (χ2v) is 3.23. The first-order valence-corrected chi connectivity index (χ1v) is 4.61. The van der Waals surface area contributed by atoms with Gasteiger partial charge in [-0.05, 0) is 18.6 Å². The lowest BCUT2D eigenvalue weighted by Gasteiger charge is -2.08. The standard InChI is InChI=1S/C10H13N3O/c11-8(4-6-14)9-7-12-10-3-1-2-5-13(9)10/h1-3,5,7-8,14H,4,6,11H2. The van der Waals surface area contributed by atoms with E-state index in [1.807, 2.05) is 28.8 Å². The van der Waals surface area contributed by atoms with Crippen LogP contribution in [0.4, 0.5) is 0 Å². The predicted octanol–water partition coefficient (Wildman–Crippen LogP) is 0.717. The van der Waals surface area contributed by atoms with Crippen molar-refractivity contribution in [3.8, 4) is 0 Å². The molecule has 0 radical (unpaired) electrons. The summed E-state index contributed by atoms with van der Waals surface area (Å²) in [7, 11) is 0. The van der Waals surface area contributed by atoms with Crippen molar-refractivity contribution in [3.05, 3.63) is 36.3 Å². The maximum atomic E-state index is 8.80. The first-order chi connectivity index (χ1) is 6.83. The Morgan fingerprint density at radius 2 is 2.36 bits per heavy atom. The van der Waals surface area contributed by atoms with Crippen molar-refractivity contribution >= 4 is 5.65 Å². The first kappa shape index (κ1) is 9.18. The molecule has 0 aliphatic heterocycles. The van der Waals surface area contributed by atoms with Crippen molar-refractivity contribution in [1.82, 2.24) is 9.38 Å². The minimum Gasteiger partial charge on any atom is -0.396 e. The molecule has 2 rings (SSSR count). The number of aliphatic hydroxyl groups is 1. The van der Waals surface area contributed by atoms with E-state index in [2.05, 4.69) is 4.98 Å². The number of nitrogens with zero attached hydrogens (tertiary/aromatic N) is 2. The summed E-state index contributed by atoms with van der Waals surface area (Å²) in [5, 5.41) is 8.80. The average molecular weight is 191 g/mol. The summed E-state index contributed by atoms with van der Waals surface area (Å²) in [5.74, 6) is 0. The van der Waals surface area contributed by atoms with E-state index in [0.29, 0.717) is 6.42 Å². The summed E-state index contributed by atoms with van der Waals surface area (Å²) in [6, 6.07) is 5.64. The van der Waals surface area contributed by atoms with Gasteiger partial charge in [0.25, 0.3) is 0 Å². The van der Waals surface area contributed by atoms with Crippen LogP contribution in [0.3, 0.4) is 0 Å². The number of aromatic nitrogens is 2. The molecule has 0 fully saturated rings. The molecule has 74 valence electrons. The van der Waals surface area contributed by atoms with Gasteiger partial charge in [0.05, 0.1) is 11.9 Å². The zero-order valence-corrected chi connectivity index (χ0v) is 7.80. The van der Waals surface area contributed by atoms with Crippen molar-refractivity contribution in [2.24, 2.45) is 5.73 Å². The lowest BCUT2D eigenvalue weighted by molar-refractivity contribution is 0.275. The highest BCUT2D eigenvalue weighted by molar-refractivity contribution is 5.40. The molecule has 0 saturated carbocycles. The summed E-state index contributed by atoms with van der Waals surface area (Å²) in [5.41, 5.74) is 7.72. The summed E-state index contributed by atoms with van der Waals surface area (Å²) in [6.07, 6.45) is 4.24. The Bertz CT molecular complexity index is 424. The third-order valence-corrected chi connectivity index (χ3v) is 2.27. The number of rotatable bonds is 3. The van der Waals surface area contributed by atoms with Gasteiger partial charge in [-0.3, -0.25) is 0 Å². The zero-order valence-electron chi connectivity index (χ0n) is 7.80. The number of hydrogen-bond acceptors (Lipinski definition) is 3. The highest BCUT2D eigenvalue weighted by Gasteiger charge is 2.10. The van der Waals surface area contributed by atoms with Gasteiger partial charge < -0.3 is 15.2 Å². The van der Waals surface area contributed by atoms with Crippen molar-refractivity contribution in [1.29, 1.82) is 0 Å². The van der Waals surface area contributed by atoms with Crippen LogP contribution in [-0.4, -0.2) is 21.1 Å². The van der Waals surface area contributed by atoms with Crippen LogP contribution in [0, 0.1) is 0 Å². The summed E-state index contributed by atoms with van der Waals surface area (Å²) >= 11 is 0. The van der Waals surface area contributed by atoms with Crippen LogP contribution in [0.25, 0.3) is 5.65 Å². The molecule has 0 amide bonds. The molecule has 14 heavy (non-hydrogen) atoms. The minimum atomic E-state index is -0.155. The van der Waals surface area contributed by atoms with Gasteiger partial charge in [-0.15, -0.1) is 0 Å². The lowest BCUT2D eigenvalue weighted by atomic mass is 10.2. The molecule has 2 aromatic heterocycles. The van der Waals surface area contributed by atoms with E-state index < -0.39 is 0 Å². The van der Waals surface area contributed by atoms with Gasteiger partial charge in [-0.1, -0.05) is 6.07 Å². The number of imidazole rings is 1. The number of pyridine rings is 1. The normalized spacial score (nSPS) is 13.3. The topological polar surface area (TPSA) is 63.5 Å². The Balaban J connectivity index is 2.42. The van der Waals surface area contributed by atoms with E-state index in [4.69, 9.17) is 10.8 Å². The molecule has 0 aliphatic carbocycles. The molecule has 2 heterocycles. The smallest absolute Gasteiger partial charge is 0.136 e. The van der Waals surface area contributed by atoms with Gasteiger partial charge in [0.1, 0.15) is 5.65 Å². The molecular weight excluding hydrogens is 178 g/mol. The average Bonchev–Trinajstić information content (AvgIpc) is 2.61. The van der Waals surface area contributed by atoms with Crippen molar-refractivity contribution in [3.63, 3.8) is 0 Å². The second-order valence-electron chi connectivity index (χ2n) is 3.23. The van der Waals surface area contributed by atoms with Crippen LogP contribution in [0.1, 0.15) is 18.2 Å². The third kappa shape index (κ3) is 1.49. The van der Waals surface area contributed by atoms with Gasteiger partial charge in [0.15, 0.2) is 0 Å². The molecule has 4 nitrogen and oxygen atoms in total. The van der Waals surface area contributed by atoms with E-state index in [9.17, 15) is 0 Å². The van der Waals surface area contributed by atoms with Gasteiger partial charge >= 0.3 is 0 Å². The number of fused-ring (bicyclic) bond motifs is 1. The molecule has 0 saturated heterocycles. The van der Waals surface area contributed by atoms with Gasteiger partial charge in [-0.25, -0.2) is 4.98 Å². The van der Waals surface area contributed by atoms with Crippen molar-refractivity contribution in [2.75, 3.05) is 6.61 Å². The molecule has 0 aliphatic rings. The van der Waals surface area contributed by atoms with Gasteiger partial charge in [0, 0.05) is 18.8 Å². The molecule has 1 unspecified atom stereocenters. The number of aliphatic hydroxyl groups excluding tert-OH is 1. The van der Waals surface area contributed by atoms with E-state index in [-0.39, 0.29) is 12.6 Å². The highest BCUT2D eigenvalue weighted by atomic mass is 16.3. The first-order valence-electron chi connectivity index (χ1n) is 4.61. The van der Waals surface area contributed by atoms with E-state index in [1.54, 1.807) is 6.20 Å². The van der Waals surface area contributed by atoms with Crippen LogP contribution < -0.4 is 5.73 Å². The number of hydrogen-bond donors (Lipinski definition) is 2. The zero-order chi connectivity index (χ0) is 9.97. The van der Waals surface area contributed by atoms with Crippen LogP contribution in [0.2, 0.25) is 0 Å². The summed E-state index contributed by atoms with van der Waals surface area (Å²) in [6.45, 7) is 0.0984. The molecule has 4 heteroatoms. The number of nitrogens with two attached hydrogens (primary N) is 1. The second kappa shape index (κ2) is 3.77. The molecule has 1 atom stereocenters. The Labute approximate surface area is 82.0 Å². The van der Waals surface area contributed by atoms with E-state index in [1.165, 1.54) is 0 Å². The summed E-state index contributed by atoms with van der Waals surface area (Å²) in [4.78, 5) is 4.22. The fourth-order valence-electron chi connectivity index (χ4n) is 1.51. The fourth-order valence-corrected chi connectivity index (χ4v) is 1.51. The quantitative estimate of drug-likeness (QED) is 0.751. The fraction of sp³-hybridized carbons (Fsp3) is 0.300. The SMILES string of the molecule is NC(CCO)c1cnc2ccccn12. The molecule has 0 bridgehead atoms. The Morgan fingerprint density at radius 3 is 3.14 bits per heavy atom. The molecule has 3 N–H and O–H groups in total. The Kier molecular flexibility index (Phi) is 2.47. The van der Waals surface area contributed by atoms with Gasteiger partial charge in [0.2, 0.25) is 0 Å². The van der Waals surface area contributed by atoms with Crippen LogP contribution >= 0.6 is 0 Å². The molecule has 2 aromatic rings. The lowest BCUT2D eigenvalue weighted by Crippen LogP contribution is -2.13. The molecule has 0 spiro atoms. The van der Waals surface area contributed by atoms with Crippen LogP contribution in [0.5, 0.6) is 0 Å². The van der Waals surface area contributed by atoms with E-state index in [0.717, 1.165) is 11.3 Å².